The molecule has 2 nitrogen and oxygen atoms in total. The Morgan fingerprint density at radius 3 is 1.95 bits per heavy atom. The lowest BCUT2D eigenvalue weighted by Gasteiger charge is -2.17. The lowest BCUT2D eigenvalue weighted by molar-refractivity contribution is -0.277. The van der Waals surface area contributed by atoms with Gasteiger partial charge in [0.2, 0.25) is 0 Å². The third-order valence-corrected chi connectivity index (χ3v) is 1.97. The van der Waals surface area contributed by atoms with E-state index in [0.717, 1.165) is 18.2 Å². The summed E-state index contributed by atoms with van der Waals surface area (Å²) in [6, 6.07) is 2.30. The molecule has 0 aliphatic carbocycles. The van der Waals surface area contributed by atoms with Crippen LogP contribution in [0.2, 0.25) is 0 Å². The molecule has 107 valence electrons. The summed E-state index contributed by atoms with van der Waals surface area (Å²) in [5.41, 5.74) is -0.140. The Morgan fingerprint density at radius 2 is 1.53 bits per heavy atom. The number of halogens is 6. The van der Waals surface area contributed by atoms with E-state index in [2.05, 4.69) is 16.4 Å². The first-order valence-corrected chi connectivity index (χ1v) is 4.96. The van der Waals surface area contributed by atoms with E-state index in [1.165, 1.54) is 6.92 Å². The molecule has 1 aromatic carbocycles. The summed E-state index contributed by atoms with van der Waals surface area (Å²) in [6.45, 7) is 4.87. The van der Waals surface area contributed by atoms with Crippen molar-refractivity contribution in [2.24, 2.45) is 0 Å². The van der Waals surface area contributed by atoms with Gasteiger partial charge in [0.25, 0.3) is 0 Å². The van der Waals surface area contributed by atoms with Gasteiger partial charge in [0.1, 0.15) is 11.5 Å². The summed E-state index contributed by atoms with van der Waals surface area (Å²) < 4.78 is 79.6. The van der Waals surface area contributed by atoms with Gasteiger partial charge in [-0.2, -0.15) is 0 Å². The van der Waals surface area contributed by atoms with Crippen molar-refractivity contribution < 1.29 is 35.8 Å². The van der Waals surface area contributed by atoms with E-state index < -0.39 is 30.1 Å². The second kappa shape index (κ2) is 5.18. The first-order valence-electron chi connectivity index (χ1n) is 4.96. The number of benzene rings is 1. The SMILES string of the molecule is [CH2]C(C)c1cc(OC(F)(F)F)ccc1OC(F)(F)F. The van der Waals surface area contributed by atoms with Crippen LogP contribution in [0.4, 0.5) is 26.3 Å². The molecule has 1 rings (SSSR count). The van der Waals surface area contributed by atoms with E-state index in [-0.39, 0.29) is 5.56 Å². The van der Waals surface area contributed by atoms with E-state index in [1.807, 2.05) is 0 Å². The van der Waals surface area contributed by atoms with E-state index in [1.54, 1.807) is 0 Å². The van der Waals surface area contributed by atoms with Crippen molar-refractivity contribution in [2.45, 2.75) is 25.6 Å². The van der Waals surface area contributed by atoms with Crippen LogP contribution in [0.15, 0.2) is 18.2 Å². The molecule has 0 fully saturated rings. The molecule has 0 N–H and O–H groups in total. The Hall–Kier alpha value is -1.60. The molecule has 1 aromatic rings. The number of hydrogen-bond acceptors (Lipinski definition) is 2. The molecule has 0 saturated carbocycles. The van der Waals surface area contributed by atoms with Gasteiger partial charge in [0.15, 0.2) is 0 Å². The molecule has 1 atom stereocenters. The van der Waals surface area contributed by atoms with Crippen LogP contribution in [0, 0.1) is 6.92 Å². The Balaban J connectivity index is 3.08. The first-order chi connectivity index (χ1) is 8.48. The third kappa shape index (κ3) is 5.27. The van der Waals surface area contributed by atoms with Gasteiger partial charge in [0.05, 0.1) is 0 Å². The van der Waals surface area contributed by atoms with Crippen molar-refractivity contribution in [1.82, 2.24) is 0 Å². The third-order valence-electron chi connectivity index (χ3n) is 1.97. The quantitative estimate of drug-likeness (QED) is 0.766. The topological polar surface area (TPSA) is 18.5 Å². The fourth-order valence-corrected chi connectivity index (χ4v) is 1.33. The monoisotopic (exact) mass is 287 g/mol. The van der Waals surface area contributed by atoms with Crippen LogP contribution >= 0.6 is 0 Å². The van der Waals surface area contributed by atoms with Crippen molar-refractivity contribution in [3.05, 3.63) is 30.7 Å². The van der Waals surface area contributed by atoms with Crippen LogP contribution in [0.5, 0.6) is 11.5 Å². The van der Waals surface area contributed by atoms with Crippen molar-refractivity contribution in [3.8, 4) is 11.5 Å². The molecule has 0 heterocycles. The smallest absolute Gasteiger partial charge is 0.406 e. The van der Waals surface area contributed by atoms with Crippen LogP contribution < -0.4 is 9.47 Å². The number of hydrogen-bond donors (Lipinski definition) is 0. The Bertz CT molecular complexity index is 436. The van der Waals surface area contributed by atoms with Crippen LogP contribution in [0.1, 0.15) is 18.4 Å². The maximum absolute atomic E-state index is 12.1. The highest BCUT2D eigenvalue weighted by Gasteiger charge is 2.34. The standard InChI is InChI=1S/C11H9F6O2/c1-6(2)8-5-7(18-10(12,13)14)3-4-9(8)19-11(15,16)17/h3-6H,1H2,2H3. The summed E-state index contributed by atoms with van der Waals surface area (Å²) >= 11 is 0. The summed E-state index contributed by atoms with van der Waals surface area (Å²) in [7, 11) is 0. The minimum absolute atomic E-state index is 0.140. The van der Waals surface area contributed by atoms with Gasteiger partial charge < -0.3 is 9.47 Å². The van der Waals surface area contributed by atoms with E-state index in [0.29, 0.717) is 0 Å². The highest BCUT2D eigenvalue weighted by molar-refractivity contribution is 5.42. The molecule has 0 amide bonds. The predicted molar refractivity (Wildman–Crippen MR) is 53.6 cm³/mol. The molecular formula is C11H9F6O2. The van der Waals surface area contributed by atoms with Gasteiger partial charge in [-0.1, -0.05) is 6.92 Å². The summed E-state index contributed by atoms with van der Waals surface area (Å²) in [6.07, 6.45) is -9.86. The van der Waals surface area contributed by atoms with Gasteiger partial charge in [-0.05, 0) is 31.0 Å². The molecule has 0 spiro atoms. The predicted octanol–water partition coefficient (Wildman–Crippen LogP) is 4.42. The molecule has 19 heavy (non-hydrogen) atoms. The fourth-order valence-electron chi connectivity index (χ4n) is 1.33. The molecule has 0 aliphatic rings. The van der Waals surface area contributed by atoms with Crippen LogP contribution in [0.25, 0.3) is 0 Å². The van der Waals surface area contributed by atoms with Gasteiger partial charge in [-0.25, -0.2) is 0 Å². The number of ether oxygens (including phenoxy) is 2. The second-order valence-electron chi connectivity index (χ2n) is 3.70. The lowest BCUT2D eigenvalue weighted by Crippen LogP contribution is -2.19. The molecule has 8 heteroatoms. The largest absolute Gasteiger partial charge is 0.573 e. The maximum Gasteiger partial charge on any atom is 0.573 e. The molecule has 1 unspecified atom stereocenters. The molecule has 0 aliphatic heterocycles. The average Bonchev–Trinajstić information content (AvgIpc) is 2.15. The molecular weight excluding hydrogens is 278 g/mol. The zero-order chi connectivity index (χ0) is 14.8. The van der Waals surface area contributed by atoms with Gasteiger partial charge >= 0.3 is 12.7 Å². The van der Waals surface area contributed by atoms with Crippen molar-refractivity contribution >= 4 is 0 Å². The highest BCUT2D eigenvalue weighted by Crippen LogP contribution is 2.35. The molecule has 0 bridgehead atoms. The van der Waals surface area contributed by atoms with E-state index in [9.17, 15) is 26.3 Å². The van der Waals surface area contributed by atoms with Crippen molar-refractivity contribution in [2.75, 3.05) is 0 Å². The lowest BCUT2D eigenvalue weighted by atomic mass is 10.0. The summed E-state index contributed by atoms with van der Waals surface area (Å²) in [5.74, 6) is -1.95. The fraction of sp³-hybridized carbons (Fsp3) is 0.364. The first kappa shape index (κ1) is 15.5. The average molecular weight is 287 g/mol. The summed E-state index contributed by atoms with van der Waals surface area (Å²) in [5, 5.41) is 0. The van der Waals surface area contributed by atoms with Crippen molar-refractivity contribution in [1.29, 1.82) is 0 Å². The van der Waals surface area contributed by atoms with Crippen molar-refractivity contribution in [3.63, 3.8) is 0 Å². The Morgan fingerprint density at radius 1 is 1.00 bits per heavy atom. The highest BCUT2D eigenvalue weighted by atomic mass is 19.4. The molecule has 0 aromatic heterocycles. The molecule has 1 radical (unpaired) electrons. The van der Waals surface area contributed by atoms with Gasteiger partial charge in [0, 0.05) is 5.56 Å². The Labute approximate surface area is 104 Å². The number of alkyl halides is 6. The number of rotatable bonds is 3. The van der Waals surface area contributed by atoms with Crippen LogP contribution in [0.3, 0.4) is 0 Å². The van der Waals surface area contributed by atoms with Crippen LogP contribution in [-0.2, 0) is 0 Å². The minimum Gasteiger partial charge on any atom is -0.406 e. The van der Waals surface area contributed by atoms with Gasteiger partial charge in [-0.15, -0.1) is 26.3 Å². The maximum atomic E-state index is 12.1. The minimum atomic E-state index is -4.93. The van der Waals surface area contributed by atoms with Gasteiger partial charge in [-0.3, -0.25) is 0 Å². The Kier molecular flexibility index (Phi) is 4.21. The van der Waals surface area contributed by atoms with Crippen LogP contribution in [-0.4, -0.2) is 12.7 Å². The second-order valence-corrected chi connectivity index (χ2v) is 3.70. The summed E-state index contributed by atoms with van der Waals surface area (Å²) in [4.78, 5) is 0. The zero-order valence-corrected chi connectivity index (χ0v) is 9.60. The normalized spacial score (nSPS) is 12.7. The van der Waals surface area contributed by atoms with E-state index in [4.69, 9.17) is 0 Å². The zero-order valence-electron chi connectivity index (χ0n) is 9.60. The van der Waals surface area contributed by atoms with E-state index >= 15 is 0 Å². The molecule has 0 saturated heterocycles.